The Morgan fingerprint density at radius 3 is 1.71 bits per heavy atom. The molecule has 0 saturated heterocycles. The van der Waals surface area contributed by atoms with Crippen LogP contribution in [0.15, 0.2) is 0 Å². The fraction of sp³-hybridized carbons (Fsp3) is 0.800. The molecule has 0 aliphatic rings. The van der Waals surface area contributed by atoms with Gasteiger partial charge in [-0.2, -0.15) is 0 Å². The van der Waals surface area contributed by atoms with Gasteiger partial charge in [0.05, 0.1) is 4.75 Å². The molecule has 0 fully saturated rings. The molecule has 4 heteroatoms. The van der Waals surface area contributed by atoms with E-state index in [9.17, 15) is 8.42 Å². The van der Waals surface area contributed by atoms with Crippen LogP contribution in [-0.2, 0) is 9.84 Å². The number of hydrogen-bond acceptors (Lipinski definition) is 3. The fourth-order valence-electron chi connectivity index (χ4n) is 0.382. The maximum absolute atomic E-state index is 11.6. The number of hydrogen-bond donors (Lipinski definition) is 0. The van der Waals surface area contributed by atoms with Gasteiger partial charge in [0.15, 0.2) is 0 Å². The molecule has 2 nitrogen and oxygen atoms in total. The van der Waals surface area contributed by atoms with Gasteiger partial charge in [-0.25, -0.2) is 8.42 Å². The third-order valence-electron chi connectivity index (χ3n) is 1.34. The lowest BCUT2D eigenvalue weighted by molar-refractivity contribution is 0.571. The molecule has 14 heavy (non-hydrogen) atoms. The SMILES string of the molecule is CC(C)(C)SC#CS(=O)(=O)C(C)(C)C. The number of sulfone groups is 1. The van der Waals surface area contributed by atoms with Crippen LogP contribution >= 0.6 is 11.8 Å². The van der Waals surface area contributed by atoms with Crippen LogP contribution < -0.4 is 0 Å². The van der Waals surface area contributed by atoms with Gasteiger partial charge in [-0.3, -0.25) is 0 Å². The highest BCUT2D eigenvalue weighted by Crippen LogP contribution is 2.22. The molecule has 0 aromatic carbocycles. The summed E-state index contributed by atoms with van der Waals surface area (Å²) in [4.78, 5) is 0. The highest BCUT2D eigenvalue weighted by molar-refractivity contribution is 8.06. The van der Waals surface area contributed by atoms with E-state index in [4.69, 9.17) is 0 Å². The van der Waals surface area contributed by atoms with Crippen molar-refractivity contribution < 1.29 is 8.42 Å². The summed E-state index contributed by atoms with van der Waals surface area (Å²) in [5, 5.41) is 4.99. The molecule has 0 bridgehead atoms. The van der Waals surface area contributed by atoms with E-state index in [1.54, 1.807) is 20.8 Å². The normalized spacial score (nSPS) is 13.3. The van der Waals surface area contributed by atoms with Gasteiger partial charge in [0.25, 0.3) is 0 Å². The van der Waals surface area contributed by atoms with Gasteiger partial charge in [-0.05, 0) is 26.0 Å². The molecule has 0 aromatic heterocycles. The van der Waals surface area contributed by atoms with E-state index >= 15 is 0 Å². The quantitative estimate of drug-likeness (QED) is 0.604. The van der Waals surface area contributed by atoms with Crippen LogP contribution in [0.25, 0.3) is 0 Å². The monoisotopic (exact) mass is 234 g/mol. The maximum atomic E-state index is 11.6. The average Bonchev–Trinajstić information content (AvgIpc) is 1.80. The summed E-state index contributed by atoms with van der Waals surface area (Å²) in [5.41, 5.74) is 0. The van der Waals surface area contributed by atoms with Crippen molar-refractivity contribution in [2.75, 3.05) is 0 Å². The van der Waals surface area contributed by atoms with Crippen molar-refractivity contribution >= 4 is 21.6 Å². The van der Waals surface area contributed by atoms with E-state index in [1.165, 1.54) is 11.8 Å². The zero-order valence-corrected chi connectivity index (χ0v) is 11.3. The Labute approximate surface area is 91.8 Å². The van der Waals surface area contributed by atoms with Crippen LogP contribution in [-0.4, -0.2) is 17.9 Å². The van der Waals surface area contributed by atoms with Crippen molar-refractivity contribution in [3.05, 3.63) is 0 Å². The first-order valence-corrected chi connectivity index (χ1v) is 6.70. The van der Waals surface area contributed by atoms with Crippen molar-refractivity contribution in [1.82, 2.24) is 0 Å². The van der Waals surface area contributed by atoms with E-state index in [0.717, 1.165) is 0 Å². The van der Waals surface area contributed by atoms with Crippen molar-refractivity contribution in [3.63, 3.8) is 0 Å². The van der Waals surface area contributed by atoms with E-state index in [2.05, 4.69) is 10.5 Å². The molecule has 0 radical (unpaired) electrons. The minimum Gasteiger partial charge on any atom is -0.215 e. The molecule has 0 atom stereocenters. The minimum atomic E-state index is -3.30. The Morgan fingerprint density at radius 1 is 1.00 bits per heavy atom. The Kier molecular flexibility index (Phi) is 4.12. The summed E-state index contributed by atoms with van der Waals surface area (Å²) in [5.74, 6) is 0. The first kappa shape index (κ1) is 13.9. The van der Waals surface area contributed by atoms with Gasteiger partial charge < -0.3 is 0 Å². The highest BCUT2D eigenvalue weighted by Gasteiger charge is 2.27. The molecule has 0 saturated carbocycles. The largest absolute Gasteiger partial charge is 0.222 e. The Morgan fingerprint density at radius 2 is 1.43 bits per heavy atom. The number of rotatable bonds is 0. The van der Waals surface area contributed by atoms with Crippen molar-refractivity contribution in [3.8, 4) is 10.5 Å². The van der Waals surface area contributed by atoms with Crippen LogP contribution in [0.3, 0.4) is 0 Å². The van der Waals surface area contributed by atoms with Gasteiger partial charge >= 0.3 is 0 Å². The van der Waals surface area contributed by atoms with Crippen LogP contribution in [0.2, 0.25) is 0 Å². The van der Waals surface area contributed by atoms with Crippen LogP contribution in [0, 0.1) is 10.5 Å². The molecule has 0 spiro atoms. The average molecular weight is 234 g/mol. The van der Waals surface area contributed by atoms with E-state index < -0.39 is 14.6 Å². The van der Waals surface area contributed by atoms with E-state index in [0.29, 0.717) is 0 Å². The topological polar surface area (TPSA) is 34.1 Å². The zero-order valence-electron chi connectivity index (χ0n) is 9.63. The Bertz CT molecular complexity index is 342. The summed E-state index contributed by atoms with van der Waals surface area (Å²) in [7, 11) is -3.30. The third kappa shape index (κ3) is 4.92. The second kappa shape index (κ2) is 4.16. The molecule has 0 aliphatic heterocycles. The maximum Gasteiger partial charge on any atom is 0.222 e. The first-order valence-electron chi connectivity index (χ1n) is 4.40. The van der Waals surface area contributed by atoms with E-state index in [1.807, 2.05) is 20.8 Å². The second-order valence-electron chi connectivity index (χ2n) is 5.03. The molecule has 82 valence electrons. The predicted octanol–water partition coefficient (Wildman–Crippen LogP) is 2.65. The summed E-state index contributed by atoms with van der Waals surface area (Å²) in [6.45, 7) is 10.9. The molecule has 0 aromatic rings. The van der Waals surface area contributed by atoms with E-state index in [-0.39, 0.29) is 4.75 Å². The van der Waals surface area contributed by atoms with Crippen LogP contribution in [0.4, 0.5) is 0 Å². The molecular weight excluding hydrogens is 216 g/mol. The molecule has 0 aliphatic carbocycles. The highest BCUT2D eigenvalue weighted by atomic mass is 32.2. The van der Waals surface area contributed by atoms with Crippen LogP contribution in [0.5, 0.6) is 0 Å². The summed E-state index contributed by atoms with van der Waals surface area (Å²) >= 11 is 1.34. The molecule has 0 unspecified atom stereocenters. The van der Waals surface area contributed by atoms with Crippen molar-refractivity contribution in [1.29, 1.82) is 0 Å². The van der Waals surface area contributed by atoms with Gasteiger partial charge in [0.2, 0.25) is 9.84 Å². The molecule has 0 amide bonds. The summed E-state index contributed by atoms with van der Waals surface area (Å²) < 4.78 is 22.3. The summed E-state index contributed by atoms with van der Waals surface area (Å²) in [6.07, 6.45) is 0. The molecular formula is C10H18O2S2. The lowest BCUT2D eigenvalue weighted by Crippen LogP contribution is -2.26. The first-order chi connectivity index (χ1) is 5.96. The molecule has 0 heterocycles. The third-order valence-corrected chi connectivity index (χ3v) is 4.27. The minimum absolute atomic E-state index is 0.0274. The second-order valence-corrected chi connectivity index (χ2v) is 9.10. The van der Waals surface area contributed by atoms with Gasteiger partial charge in [-0.15, -0.1) is 0 Å². The lowest BCUT2D eigenvalue weighted by Gasteiger charge is -2.14. The van der Waals surface area contributed by atoms with Gasteiger partial charge in [-0.1, -0.05) is 32.5 Å². The van der Waals surface area contributed by atoms with Crippen molar-refractivity contribution in [2.45, 2.75) is 51.0 Å². The van der Waals surface area contributed by atoms with Gasteiger partial charge in [0.1, 0.15) is 0 Å². The smallest absolute Gasteiger partial charge is 0.215 e. The Balaban J connectivity index is 4.71. The fourth-order valence-corrected chi connectivity index (χ4v) is 1.60. The summed E-state index contributed by atoms with van der Waals surface area (Å²) in [6, 6.07) is 0. The zero-order chi connectivity index (χ0) is 11.6. The lowest BCUT2D eigenvalue weighted by atomic mass is 10.3. The van der Waals surface area contributed by atoms with Gasteiger partial charge in [0, 0.05) is 10.00 Å². The van der Waals surface area contributed by atoms with Crippen LogP contribution in [0.1, 0.15) is 41.5 Å². The molecule has 0 rings (SSSR count). The predicted molar refractivity (Wildman–Crippen MR) is 63.8 cm³/mol. The number of thioether (sulfide) groups is 1. The molecule has 0 N–H and O–H groups in total. The standard InChI is InChI=1S/C10H18O2S2/c1-9(2,3)13-7-8-14(11,12)10(4,5)6/h1-6H3. The Hall–Kier alpha value is -0.140. The van der Waals surface area contributed by atoms with Crippen molar-refractivity contribution in [2.24, 2.45) is 0 Å².